The van der Waals surface area contributed by atoms with Gasteiger partial charge in [-0.05, 0) is 29.7 Å². The van der Waals surface area contributed by atoms with Crippen molar-refractivity contribution < 1.29 is 25.9 Å². The molecule has 0 fully saturated rings. The van der Waals surface area contributed by atoms with Crippen LogP contribution in [0.15, 0.2) is 34.1 Å². The molecule has 20 heavy (non-hydrogen) atoms. The Morgan fingerprint density at radius 2 is 1.35 bits per heavy atom. The van der Waals surface area contributed by atoms with E-state index in [4.69, 9.17) is 26.4 Å². The second-order valence-electron chi connectivity index (χ2n) is 3.97. The normalized spacial score (nSPS) is 12.8. The van der Waals surface area contributed by atoms with Crippen molar-refractivity contribution in [2.75, 3.05) is 5.73 Å². The third-order valence-corrected chi connectivity index (χ3v) is 4.54. The largest absolute Gasteiger partial charge is 0.398 e. The number of halogens is 1. The van der Waals surface area contributed by atoms with Crippen LogP contribution in [0.4, 0.5) is 5.69 Å². The molecule has 0 saturated carbocycles. The van der Waals surface area contributed by atoms with Gasteiger partial charge in [-0.1, -0.05) is 11.6 Å². The Balaban J connectivity index is 2.95. The van der Waals surface area contributed by atoms with Crippen LogP contribution in [-0.4, -0.2) is 25.9 Å². The van der Waals surface area contributed by atoms with Crippen LogP contribution >= 0.6 is 11.6 Å². The third-order valence-electron chi connectivity index (χ3n) is 2.57. The molecule has 0 aliphatic rings. The van der Waals surface area contributed by atoms with E-state index in [2.05, 4.69) is 0 Å². The van der Waals surface area contributed by atoms with Gasteiger partial charge < -0.3 is 5.73 Å². The van der Waals surface area contributed by atoms with E-state index in [0.717, 1.165) is 24.3 Å². The van der Waals surface area contributed by atoms with Crippen LogP contribution < -0.4 is 5.73 Å². The zero-order valence-electron chi connectivity index (χ0n) is 9.61. The molecule has 0 heterocycles. The molecule has 10 heteroatoms. The molecular formula is C10H8ClNO6S2. The average Bonchev–Trinajstić information content (AvgIpc) is 2.25. The van der Waals surface area contributed by atoms with Gasteiger partial charge in [0.1, 0.15) is 0 Å². The Bertz CT molecular complexity index is 848. The number of nitrogens with two attached hydrogens (primary N) is 1. The number of anilines is 1. The summed E-state index contributed by atoms with van der Waals surface area (Å²) in [4.78, 5) is -1.02. The van der Waals surface area contributed by atoms with Gasteiger partial charge in [-0.25, -0.2) is 0 Å². The summed E-state index contributed by atoms with van der Waals surface area (Å²) in [5.74, 6) is 0. The van der Waals surface area contributed by atoms with E-state index < -0.39 is 30.0 Å². The van der Waals surface area contributed by atoms with Crippen LogP contribution in [-0.2, 0) is 20.2 Å². The maximum Gasteiger partial charge on any atom is 0.294 e. The lowest BCUT2D eigenvalue weighted by Gasteiger charge is -2.08. The number of hydrogen-bond acceptors (Lipinski definition) is 5. The van der Waals surface area contributed by atoms with Gasteiger partial charge in [0.15, 0.2) is 0 Å². The molecule has 2 aromatic rings. The van der Waals surface area contributed by atoms with E-state index in [1.165, 1.54) is 0 Å². The number of hydrogen-bond donors (Lipinski definition) is 3. The molecule has 0 radical (unpaired) electrons. The van der Waals surface area contributed by atoms with Crippen molar-refractivity contribution in [3.63, 3.8) is 0 Å². The summed E-state index contributed by atoms with van der Waals surface area (Å²) in [6.45, 7) is 0. The number of rotatable bonds is 2. The van der Waals surface area contributed by atoms with Crippen molar-refractivity contribution in [1.29, 1.82) is 0 Å². The van der Waals surface area contributed by atoms with Gasteiger partial charge in [0.2, 0.25) is 0 Å². The van der Waals surface area contributed by atoms with Crippen molar-refractivity contribution >= 4 is 48.3 Å². The summed E-state index contributed by atoms with van der Waals surface area (Å²) >= 11 is 5.87. The molecule has 7 nitrogen and oxygen atoms in total. The lowest BCUT2D eigenvalue weighted by Crippen LogP contribution is -2.02. The number of fused-ring (bicyclic) bond motifs is 1. The molecule has 0 atom stereocenters. The molecule has 4 N–H and O–H groups in total. The van der Waals surface area contributed by atoms with Crippen LogP contribution in [0.1, 0.15) is 0 Å². The Labute approximate surface area is 119 Å². The zero-order valence-corrected chi connectivity index (χ0v) is 12.0. The minimum absolute atomic E-state index is 0.0535. The van der Waals surface area contributed by atoms with Crippen molar-refractivity contribution in [3.8, 4) is 0 Å². The fourth-order valence-corrected chi connectivity index (χ4v) is 3.23. The highest BCUT2D eigenvalue weighted by molar-refractivity contribution is 7.86. The fourth-order valence-electron chi connectivity index (χ4n) is 1.74. The van der Waals surface area contributed by atoms with E-state index in [1.54, 1.807) is 0 Å². The van der Waals surface area contributed by atoms with Crippen LogP contribution in [0.5, 0.6) is 0 Å². The zero-order chi connectivity index (χ0) is 15.3. The third kappa shape index (κ3) is 2.72. The summed E-state index contributed by atoms with van der Waals surface area (Å²) in [5, 5.41) is 0.193. The van der Waals surface area contributed by atoms with E-state index >= 15 is 0 Å². The number of nitrogen functional groups attached to an aromatic ring is 1. The molecule has 0 amide bonds. The Kier molecular flexibility index (Phi) is 3.43. The quantitative estimate of drug-likeness (QED) is 0.559. The topological polar surface area (TPSA) is 135 Å². The van der Waals surface area contributed by atoms with Gasteiger partial charge >= 0.3 is 0 Å². The monoisotopic (exact) mass is 337 g/mol. The molecule has 0 bridgehead atoms. The van der Waals surface area contributed by atoms with Gasteiger partial charge in [-0.15, -0.1) is 0 Å². The number of benzene rings is 2. The molecular weight excluding hydrogens is 330 g/mol. The molecule has 0 aromatic heterocycles. The van der Waals surface area contributed by atoms with E-state index in [0.29, 0.717) is 0 Å². The first-order valence-corrected chi connectivity index (χ1v) is 8.24. The van der Waals surface area contributed by atoms with Gasteiger partial charge in [0, 0.05) is 11.1 Å². The molecule has 0 saturated heterocycles. The first-order chi connectivity index (χ1) is 9.00. The predicted octanol–water partition coefficient (Wildman–Crippen LogP) is 1.57. The fraction of sp³-hybridized carbons (Fsp3) is 0. The van der Waals surface area contributed by atoms with Crippen LogP contribution in [0, 0.1) is 0 Å². The van der Waals surface area contributed by atoms with Gasteiger partial charge in [0.05, 0.1) is 14.8 Å². The van der Waals surface area contributed by atoms with Crippen LogP contribution in [0.25, 0.3) is 10.8 Å². The molecule has 0 unspecified atom stereocenters. The Morgan fingerprint density at radius 3 is 1.80 bits per heavy atom. The van der Waals surface area contributed by atoms with Crippen molar-refractivity contribution in [3.05, 3.63) is 29.3 Å². The SMILES string of the molecule is Nc1cc(S(=O)(=O)O)cc2cc(S(=O)(=O)O)cc(Cl)c12. The minimum Gasteiger partial charge on any atom is -0.398 e. The first-order valence-electron chi connectivity index (χ1n) is 4.98. The van der Waals surface area contributed by atoms with Gasteiger partial charge in [0.25, 0.3) is 20.2 Å². The second kappa shape index (κ2) is 4.57. The van der Waals surface area contributed by atoms with Gasteiger partial charge in [-0.3, -0.25) is 9.11 Å². The standard InChI is InChI=1S/C10H8ClNO6S2/c11-8-3-6(19(13,14)15)1-5-2-7(20(16,17)18)4-9(12)10(5)8/h1-4H,12H2,(H,13,14,15)(H,16,17,18). The Hall–Kier alpha value is -1.39. The van der Waals surface area contributed by atoms with Gasteiger partial charge in [-0.2, -0.15) is 16.8 Å². The van der Waals surface area contributed by atoms with E-state index in [-0.39, 0.29) is 21.5 Å². The smallest absolute Gasteiger partial charge is 0.294 e. The van der Waals surface area contributed by atoms with E-state index in [9.17, 15) is 16.8 Å². The molecule has 0 aliphatic carbocycles. The van der Waals surface area contributed by atoms with Crippen molar-refractivity contribution in [2.45, 2.75) is 9.79 Å². The molecule has 2 rings (SSSR count). The minimum atomic E-state index is -4.52. The summed E-state index contributed by atoms with van der Waals surface area (Å²) in [6, 6.07) is 3.99. The highest BCUT2D eigenvalue weighted by Crippen LogP contribution is 2.33. The highest BCUT2D eigenvalue weighted by Gasteiger charge is 2.17. The lowest BCUT2D eigenvalue weighted by atomic mass is 10.1. The molecule has 0 spiro atoms. The average molecular weight is 338 g/mol. The maximum absolute atomic E-state index is 11.1. The van der Waals surface area contributed by atoms with E-state index in [1.807, 2.05) is 0 Å². The first kappa shape index (κ1) is 15.0. The summed E-state index contributed by atoms with van der Waals surface area (Å²) in [7, 11) is -9.03. The lowest BCUT2D eigenvalue weighted by molar-refractivity contribution is 0.481. The Morgan fingerprint density at radius 1 is 0.900 bits per heavy atom. The summed E-state index contributed by atoms with van der Waals surface area (Å²) < 4.78 is 62.4. The molecule has 0 aliphatic heterocycles. The highest BCUT2D eigenvalue weighted by atomic mass is 35.5. The van der Waals surface area contributed by atoms with Crippen molar-refractivity contribution in [2.24, 2.45) is 0 Å². The summed E-state index contributed by atoms with van der Waals surface area (Å²) in [6.07, 6.45) is 0. The van der Waals surface area contributed by atoms with Crippen LogP contribution in [0.2, 0.25) is 5.02 Å². The predicted molar refractivity (Wildman–Crippen MR) is 73.0 cm³/mol. The van der Waals surface area contributed by atoms with Crippen molar-refractivity contribution in [1.82, 2.24) is 0 Å². The van der Waals surface area contributed by atoms with Crippen LogP contribution in [0.3, 0.4) is 0 Å². The second-order valence-corrected chi connectivity index (χ2v) is 7.22. The molecule has 2 aromatic carbocycles. The molecule has 108 valence electrons. The maximum atomic E-state index is 11.1. The summed E-state index contributed by atoms with van der Waals surface area (Å²) in [5.41, 5.74) is 5.59.